The smallest absolute Gasteiger partial charge is 0.420 e. The van der Waals surface area contributed by atoms with Crippen LogP contribution in [0.1, 0.15) is 11.4 Å². The van der Waals surface area contributed by atoms with E-state index in [9.17, 15) is 13.2 Å². The standard InChI is InChI=1S/C13H14F3N3O2/c1-7-18-10-6-9(13(14,15)16)11(21-4-3-20-2)5-8(10)12(17)19-7/h5-6H,3-4H2,1-2H3,(H2,17,18,19). The van der Waals surface area contributed by atoms with Gasteiger partial charge in [-0.1, -0.05) is 0 Å². The lowest BCUT2D eigenvalue weighted by molar-refractivity contribution is -0.138. The van der Waals surface area contributed by atoms with Crippen molar-refractivity contribution in [1.29, 1.82) is 0 Å². The monoisotopic (exact) mass is 301 g/mol. The van der Waals surface area contributed by atoms with Crippen molar-refractivity contribution in [2.24, 2.45) is 0 Å². The molecule has 0 atom stereocenters. The zero-order valence-corrected chi connectivity index (χ0v) is 11.5. The highest BCUT2D eigenvalue weighted by Gasteiger charge is 2.35. The molecule has 0 bridgehead atoms. The quantitative estimate of drug-likeness (QED) is 0.879. The van der Waals surface area contributed by atoms with Crippen LogP contribution in [0.25, 0.3) is 10.9 Å². The maximum Gasteiger partial charge on any atom is 0.420 e. The number of halogens is 3. The number of hydrogen-bond donors (Lipinski definition) is 1. The summed E-state index contributed by atoms with van der Waals surface area (Å²) in [7, 11) is 1.43. The Morgan fingerprint density at radius 3 is 2.52 bits per heavy atom. The second kappa shape index (κ2) is 5.72. The molecule has 1 aromatic carbocycles. The number of hydrogen-bond acceptors (Lipinski definition) is 5. The Morgan fingerprint density at radius 2 is 1.90 bits per heavy atom. The van der Waals surface area contributed by atoms with Crippen LogP contribution in [0.4, 0.5) is 19.0 Å². The molecule has 1 heterocycles. The molecule has 2 rings (SSSR count). The van der Waals surface area contributed by atoms with Crippen LogP contribution >= 0.6 is 0 Å². The number of ether oxygens (including phenoxy) is 2. The molecule has 0 unspecified atom stereocenters. The molecule has 0 aliphatic heterocycles. The number of alkyl halides is 3. The van der Waals surface area contributed by atoms with Crippen LogP contribution in [0.2, 0.25) is 0 Å². The highest BCUT2D eigenvalue weighted by atomic mass is 19.4. The van der Waals surface area contributed by atoms with E-state index in [4.69, 9.17) is 15.2 Å². The minimum absolute atomic E-state index is 0.00227. The van der Waals surface area contributed by atoms with Gasteiger partial charge < -0.3 is 15.2 Å². The largest absolute Gasteiger partial charge is 0.491 e. The minimum Gasteiger partial charge on any atom is -0.491 e. The van der Waals surface area contributed by atoms with Crippen LogP contribution in [0.5, 0.6) is 5.75 Å². The van der Waals surface area contributed by atoms with Gasteiger partial charge in [0.15, 0.2) is 0 Å². The summed E-state index contributed by atoms with van der Waals surface area (Å²) in [5.74, 6) is 0.107. The fourth-order valence-electron chi connectivity index (χ4n) is 1.88. The first-order valence-electron chi connectivity index (χ1n) is 6.09. The SMILES string of the molecule is COCCOc1cc2c(N)nc(C)nc2cc1C(F)(F)F. The Balaban J connectivity index is 2.58. The first-order chi connectivity index (χ1) is 9.82. The molecule has 1 aromatic heterocycles. The molecule has 2 N–H and O–H groups in total. The van der Waals surface area contributed by atoms with Gasteiger partial charge in [0.25, 0.3) is 0 Å². The third-order valence-corrected chi connectivity index (χ3v) is 2.79. The Bertz CT molecular complexity index is 659. The van der Waals surface area contributed by atoms with E-state index in [1.807, 2.05) is 0 Å². The average Bonchev–Trinajstić information content (AvgIpc) is 2.37. The first-order valence-corrected chi connectivity index (χ1v) is 6.09. The van der Waals surface area contributed by atoms with Crippen molar-refractivity contribution in [1.82, 2.24) is 9.97 Å². The summed E-state index contributed by atoms with van der Waals surface area (Å²) in [6.45, 7) is 1.74. The first kappa shape index (κ1) is 15.3. The summed E-state index contributed by atoms with van der Waals surface area (Å²) in [5, 5.41) is 0.320. The fourth-order valence-corrected chi connectivity index (χ4v) is 1.88. The topological polar surface area (TPSA) is 70.3 Å². The van der Waals surface area contributed by atoms with E-state index < -0.39 is 11.7 Å². The van der Waals surface area contributed by atoms with Gasteiger partial charge in [0.2, 0.25) is 0 Å². The summed E-state index contributed by atoms with van der Waals surface area (Å²) in [4.78, 5) is 7.91. The second-order valence-corrected chi connectivity index (χ2v) is 4.36. The highest BCUT2D eigenvalue weighted by molar-refractivity contribution is 5.90. The molecule has 21 heavy (non-hydrogen) atoms. The number of benzene rings is 1. The molecule has 2 aromatic rings. The molecule has 0 fully saturated rings. The van der Waals surface area contributed by atoms with E-state index in [-0.39, 0.29) is 30.3 Å². The van der Waals surface area contributed by atoms with Gasteiger partial charge in [-0.3, -0.25) is 0 Å². The highest BCUT2D eigenvalue weighted by Crippen LogP contribution is 2.39. The van der Waals surface area contributed by atoms with E-state index in [0.717, 1.165) is 6.07 Å². The predicted molar refractivity (Wildman–Crippen MR) is 71.1 cm³/mol. The zero-order valence-electron chi connectivity index (χ0n) is 11.5. The van der Waals surface area contributed by atoms with Crippen molar-refractivity contribution >= 4 is 16.7 Å². The number of aryl methyl sites for hydroxylation is 1. The van der Waals surface area contributed by atoms with Gasteiger partial charge in [0.1, 0.15) is 24.0 Å². The van der Waals surface area contributed by atoms with Crippen LogP contribution in [-0.2, 0) is 10.9 Å². The van der Waals surface area contributed by atoms with Crippen molar-refractivity contribution in [3.8, 4) is 5.75 Å². The molecule has 0 saturated heterocycles. The number of fused-ring (bicyclic) bond motifs is 1. The molecule has 0 radical (unpaired) electrons. The lowest BCUT2D eigenvalue weighted by atomic mass is 10.1. The summed E-state index contributed by atoms with van der Waals surface area (Å²) >= 11 is 0. The molecule has 0 spiro atoms. The van der Waals surface area contributed by atoms with E-state index >= 15 is 0 Å². The van der Waals surface area contributed by atoms with Crippen molar-refractivity contribution in [2.75, 3.05) is 26.1 Å². The van der Waals surface area contributed by atoms with Gasteiger partial charge in [0.05, 0.1) is 17.7 Å². The summed E-state index contributed by atoms with van der Waals surface area (Å²) in [6.07, 6.45) is -4.55. The molecule has 0 aliphatic carbocycles. The van der Waals surface area contributed by atoms with Gasteiger partial charge in [-0.2, -0.15) is 13.2 Å². The summed E-state index contributed by atoms with van der Waals surface area (Å²) in [6, 6.07) is 2.13. The Hall–Kier alpha value is -2.09. The molecule has 0 saturated carbocycles. The van der Waals surface area contributed by atoms with Gasteiger partial charge in [-0.15, -0.1) is 0 Å². The number of rotatable bonds is 4. The van der Waals surface area contributed by atoms with Gasteiger partial charge in [-0.25, -0.2) is 9.97 Å². The van der Waals surface area contributed by atoms with Crippen molar-refractivity contribution < 1.29 is 22.6 Å². The number of anilines is 1. The fraction of sp³-hybridized carbons (Fsp3) is 0.385. The van der Waals surface area contributed by atoms with Crippen LogP contribution < -0.4 is 10.5 Å². The third kappa shape index (κ3) is 3.33. The van der Waals surface area contributed by atoms with E-state index in [0.29, 0.717) is 11.2 Å². The van der Waals surface area contributed by atoms with Crippen LogP contribution in [0, 0.1) is 6.92 Å². The molecule has 5 nitrogen and oxygen atoms in total. The van der Waals surface area contributed by atoms with E-state index in [1.54, 1.807) is 6.92 Å². The van der Waals surface area contributed by atoms with Gasteiger partial charge in [-0.05, 0) is 19.1 Å². The minimum atomic E-state index is -4.55. The van der Waals surface area contributed by atoms with E-state index in [2.05, 4.69) is 9.97 Å². The summed E-state index contributed by atoms with van der Waals surface area (Å²) < 4.78 is 49.2. The number of nitrogens with zero attached hydrogens (tertiary/aromatic N) is 2. The van der Waals surface area contributed by atoms with Crippen molar-refractivity contribution in [3.05, 3.63) is 23.5 Å². The maximum atomic E-state index is 13.1. The number of nitrogen functional groups attached to an aromatic ring is 1. The number of aromatic nitrogens is 2. The van der Waals surface area contributed by atoms with Gasteiger partial charge >= 0.3 is 6.18 Å². The van der Waals surface area contributed by atoms with Crippen LogP contribution in [0.15, 0.2) is 12.1 Å². The zero-order chi connectivity index (χ0) is 15.6. The normalized spacial score (nSPS) is 11.9. The van der Waals surface area contributed by atoms with Crippen LogP contribution in [-0.4, -0.2) is 30.3 Å². The molecule has 114 valence electrons. The molecule has 8 heteroatoms. The summed E-state index contributed by atoms with van der Waals surface area (Å²) in [5.41, 5.74) is 4.96. The van der Waals surface area contributed by atoms with Gasteiger partial charge in [0, 0.05) is 12.5 Å². The van der Waals surface area contributed by atoms with Crippen molar-refractivity contribution in [3.63, 3.8) is 0 Å². The third-order valence-electron chi connectivity index (χ3n) is 2.79. The Kier molecular flexibility index (Phi) is 4.17. The van der Waals surface area contributed by atoms with Crippen LogP contribution in [0.3, 0.4) is 0 Å². The van der Waals surface area contributed by atoms with E-state index in [1.165, 1.54) is 13.2 Å². The lowest BCUT2D eigenvalue weighted by Crippen LogP contribution is -2.12. The number of nitrogens with two attached hydrogens (primary N) is 1. The Labute approximate surface area is 118 Å². The molecule has 0 aliphatic rings. The Morgan fingerprint density at radius 1 is 1.19 bits per heavy atom. The second-order valence-electron chi connectivity index (χ2n) is 4.36. The maximum absolute atomic E-state index is 13.1. The molecule has 0 amide bonds. The van der Waals surface area contributed by atoms with Crippen molar-refractivity contribution in [2.45, 2.75) is 13.1 Å². The number of methoxy groups -OCH3 is 1. The molecular weight excluding hydrogens is 287 g/mol. The lowest BCUT2D eigenvalue weighted by Gasteiger charge is -2.15. The predicted octanol–water partition coefficient (Wildman–Crippen LogP) is 2.56. The average molecular weight is 301 g/mol. The molecular formula is C13H14F3N3O2.